The van der Waals surface area contributed by atoms with E-state index < -0.39 is 0 Å². The first-order valence-electron chi connectivity index (χ1n) is 11.1. The van der Waals surface area contributed by atoms with Crippen LogP contribution in [0.4, 0.5) is 0 Å². The molecule has 0 unspecified atom stereocenters. The highest BCUT2D eigenvalue weighted by molar-refractivity contribution is 9.11. The van der Waals surface area contributed by atoms with E-state index in [1.54, 1.807) is 0 Å². The number of rotatable bonds is 10. The van der Waals surface area contributed by atoms with E-state index in [-0.39, 0.29) is 0 Å². The number of carbonyl (C=O) groups is 1. The lowest BCUT2D eigenvalue weighted by Crippen LogP contribution is -2.05. The third-order valence-corrected chi connectivity index (χ3v) is 7.50. The van der Waals surface area contributed by atoms with Crippen molar-refractivity contribution in [2.24, 2.45) is 0 Å². The van der Waals surface area contributed by atoms with Crippen molar-refractivity contribution in [1.82, 2.24) is 0 Å². The molecular formula is C28H27BrO2S. The molecule has 1 aliphatic rings. The van der Waals surface area contributed by atoms with Crippen LogP contribution in [0.25, 0.3) is 5.57 Å². The number of ether oxygens (including phenoxy) is 1. The summed E-state index contributed by atoms with van der Waals surface area (Å²) in [5, 5.41) is 0. The first kappa shape index (κ1) is 22.9. The Bertz CT molecular complexity index is 1070. The number of carbonyl (C=O) groups excluding carboxylic acids is 1. The van der Waals surface area contributed by atoms with E-state index in [0.29, 0.717) is 13.0 Å². The van der Waals surface area contributed by atoms with Crippen molar-refractivity contribution >= 4 is 39.6 Å². The predicted octanol–water partition coefficient (Wildman–Crippen LogP) is 7.83. The van der Waals surface area contributed by atoms with Crippen molar-refractivity contribution < 1.29 is 9.53 Å². The van der Waals surface area contributed by atoms with Crippen LogP contribution in [0, 0.1) is 0 Å². The van der Waals surface area contributed by atoms with Gasteiger partial charge in [-0.1, -0.05) is 64.5 Å². The van der Waals surface area contributed by atoms with E-state index >= 15 is 0 Å². The fourth-order valence-corrected chi connectivity index (χ4v) is 5.47. The summed E-state index contributed by atoms with van der Waals surface area (Å²) in [5.41, 5.74) is 6.31. The first-order chi connectivity index (χ1) is 15.7. The van der Waals surface area contributed by atoms with Crippen LogP contribution in [-0.2, 0) is 17.8 Å². The summed E-state index contributed by atoms with van der Waals surface area (Å²) in [4.78, 5) is 11.7. The minimum atomic E-state index is 0.584. The summed E-state index contributed by atoms with van der Waals surface area (Å²) >= 11 is 5.70. The Morgan fingerprint density at radius 2 is 1.75 bits per heavy atom. The molecule has 0 bridgehead atoms. The molecule has 2 nitrogen and oxygen atoms in total. The van der Waals surface area contributed by atoms with Crippen LogP contribution < -0.4 is 4.74 Å². The monoisotopic (exact) mass is 506 g/mol. The quantitative estimate of drug-likeness (QED) is 0.159. The Morgan fingerprint density at radius 1 is 0.938 bits per heavy atom. The zero-order chi connectivity index (χ0) is 22.2. The third kappa shape index (κ3) is 5.93. The lowest BCUT2D eigenvalue weighted by atomic mass is 9.87. The Labute approximate surface area is 203 Å². The summed E-state index contributed by atoms with van der Waals surface area (Å²) < 4.78 is 7.32. The van der Waals surface area contributed by atoms with Gasteiger partial charge in [-0.3, -0.25) is 0 Å². The van der Waals surface area contributed by atoms with E-state index in [1.807, 2.05) is 30.0 Å². The van der Waals surface area contributed by atoms with Gasteiger partial charge in [-0.25, -0.2) is 0 Å². The zero-order valence-electron chi connectivity index (χ0n) is 18.1. The minimum absolute atomic E-state index is 0.584. The van der Waals surface area contributed by atoms with E-state index in [1.165, 1.54) is 37.2 Å². The van der Waals surface area contributed by atoms with Crippen molar-refractivity contribution in [1.29, 1.82) is 0 Å². The molecule has 0 aliphatic heterocycles. The number of hydrogen-bond acceptors (Lipinski definition) is 3. The molecule has 164 valence electrons. The molecule has 0 N–H and O–H groups in total. The van der Waals surface area contributed by atoms with Crippen LogP contribution in [0.2, 0.25) is 0 Å². The van der Waals surface area contributed by atoms with Gasteiger partial charge in [0.1, 0.15) is 18.6 Å². The highest BCUT2D eigenvalue weighted by atomic mass is 79.9. The fraction of sp³-hybridized carbons (Fsp3) is 0.250. The summed E-state index contributed by atoms with van der Waals surface area (Å²) in [6.45, 7) is 0.584. The summed E-state index contributed by atoms with van der Waals surface area (Å²) in [6, 6.07) is 25.6. The van der Waals surface area contributed by atoms with Gasteiger partial charge in [0, 0.05) is 15.8 Å². The largest absolute Gasteiger partial charge is 0.489 e. The lowest BCUT2D eigenvalue weighted by molar-refractivity contribution is -0.107. The van der Waals surface area contributed by atoms with Gasteiger partial charge in [0.2, 0.25) is 0 Å². The summed E-state index contributed by atoms with van der Waals surface area (Å²) in [7, 11) is 0. The Kier molecular flexibility index (Phi) is 8.24. The molecule has 0 saturated heterocycles. The van der Waals surface area contributed by atoms with Gasteiger partial charge >= 0.3 is 0 Å². The number of fused-ring (bicyclic) bond motifs is 1. The van der Waals surface area contributed by atoms with Gasteiger partial charge in [-0.15, -0.1) is 11.8 Å². The van der Waals surface area contributed by atoms with Crippen molar-refractivity contribution in [2.75, 3.05) is 5.75 Å². The molecule has 0 aromatic heterocycles. The van der Waals surface area contributed by atoms with E-state index in [4.69, 9.17) is 4.74 Å². The van der Waals surface area contributed by atoms with Crippen LogP contribution in [0.15, 0.2) is 82.2 Å². The van der Waals surface area contributed by atoms with Gasteiger partial charge < -0.3 is 9.53 Å². The Balaban J connectivity index is 1.45. The maximum absolute atomic E-state index is 10.4. The number of hydrogen-bond donors (Lipinski definition) is 0. The number of benzene rings is 3. The minimum Gasteiger partial charge on any atom is -0.489 e. The molecule has 1 aliphatic carbocycles. The molecule has 0 atom stereocenters. The van der Waals surface area contributed by atoms with Crippen molar-refractivity contribution in [3.63, 3.8) is 0 Å². The molecule has 0 heterocycles. The normalized spacial score (nSPS) is 13.0. The molecule has 0 amide bonds. The second-order valence-corrected chi connectivity index (χ2v) is 10.0. The summed E-state index contributed by atoms with van der Waals surface area (Å²) in [5.74, 6) is 1.97. The van der Waals surface area contributed by atoms with Crippen LogP contribution in [0.3, 0.4) is 0 Å². The molecule has 32 heavy (non-hydrogen) atoms. The van der Waals surface area contributed by atoms with Gasteiger partial charge in [-0.05, 0) is 83.5 Å². The Hall–Kier alpha value is -2.30. The Morgan fingerprint density at radius 3 is 2.53 bits per heavy atom. The van der Waals surface area contributed by atoms with Gasteiger partial charge in [0.15, 0.2) is 0 Å². The fourth-order valence-electron chi connectivity index (χ4n) is 3.92. The van der Waals surface area contributed by atoms with E-state index in [9.17, 15) is 4.79 Å². The molecule has 4 rings (SSSR count). The highest BCUT2D eigenvalue weighted by Crippen LogP contribution is 2.40. The smallest absolute Gasteiger partial charge is 0.120 e. The van der Waals surface area contributed by atoms with Crippen LogP contribution in [0.1, 0.15) is 47.9 Å². The van der Waals surface area contributed by atoms with Crippen LogP contribution in [-0.4, -0.2) is 12.0 Å². The molecule has 3 aromatic carbocycles. The summed E-state index contributed by atoms with van der Waals surface area (Å²) in [6.07, 6.45) is 5.73. The molecule has 0 spiro atoms. The number of allylic oxidation sites excluding steroid dienone is 1. The molecule has 3 aromatic rings. The molecule has 0 saturated carbocycles. The number of thioether (sulfide) groups is 1. The molecule has 0 fully saturated rings. The second kappa shape index (κ2) is 11.5. The van der Waals surface area contributed by atoms with Gasteiger partial charge in [0.25, 0.3) is 0 Å². The van der Waals surface area contributed by atoms with Crippen LogP contribution >= 0.6 is 27.7 Å². The topological polar surface area (TPSA) is 26.3 Å². The van der Waals surface area contributed by atoms with E-state index in [2.05, 4.69) is 70.5 Å². The van der Waals surface area contributed by atoms with Gasteiger partial charge in [-0.2, -0.15) is 0 Å². The van der Waals surface area contributed by atoms with Crippen molar-refractivity contribution in [2.45, 2.75) is 43.6 Å². The second-order valence-electron chi connectivity index (χ2n) is 7.91. The third-order valence-electron chi connectivity index (χ3n) is 5.61. The predicted molar refractivity (Wildman–Crippen MR) is 138 cm³/mol. The molecule has 4 heteroatoms. The zero-order valence-corrected chi connectivity index (χ0v) is 20.5. The SMILES string of the molecule is O=CCCCCSc1ccc(C2=C(Br)CCc3cc(OCc4ccccc4)ccc32)cc1. The van der Waals surface area contributed by atoms with Crippen molar-refractivity contribution in [3.8, 4) is 5.75 Å². The number of aryl methyl sites for hydroxylation is 1. The standard InChI is InChI=1S/C28H27BrO2S/c29-27-16-11-23-19-24(31-20-21-7-3-1-4-8-21)12-15-26(23)28(27)22-9-13-25(14-10-22)32-18-6-2-5-17-30/h1,3-4,7-10,12-15,17,19H,2,5-6,11,16,18,20H2. The maximum Gasteiger partial charge on any atom is 0.120 e. The first-order valence-corrected chi connectivity index (χ1v) is 12.9. The highest BCUT2D eigenvalue weighted by Gasteiger charge is 2.20. The van der Waals surface area contributed by atoms with Gasteiger partial charge in [0.05, 0.1) is 0 Å². The average molecular weight is 507 g/mol. The molecular weight excluding hydrogens is 480 g/mol. The number of unbranched alkanes of at least 4 members (excludes halogenated alkanes) is 2. The number of halogens is 1. The van der Waals surface area contributed by atoms with Crippen molar-refractivity contribution in [3.05, 3.63) is 99.5 Å². The van der Waals surface area contributed by atoms with E-state index in [0.717, 1.165) is 43.5 Å². The average Bonchev–Trinajstić information content (AvgIpc) is 2.84. The number of aldehydes is 1. The lowest BCUT2D eigenvalue weighted by Gasteiger charge is -2.22. The molecule has 0 radical (unpaired) electrons. The maximum atomic E-state index is 10.4. The van der Waals surface area contributed by atoms with Crippen LogP contribution in [0.5, 0.6) is 5.75 Å².